The summed E-state index contributed by atoms with van der Waals surface area (Å²) in [5.41, 5.74) is -0.0744. The fourth-order valence-corrected chi connectivity index (χ4v) is 3.48. The van der Waals surface area contributed by atoms with Gasteiger partial charge in [-0.2, -0.15) is 5.10 Å². The van der Waals surface area contributed by atoms with Gasteiger partial charge in [0.05, 0.1) is 17.3 Å². The number of aryl methyl sites for hydroxylation is 1. The molecule has 0 aliphatic rings. The Kier molecular flexibility index (Phi) is 5.00. The quantitative estimate of drug-likeness (QED) is 0.854. The predicted molar refractivity (Wildman–Crippen MR) is 73.5 cm³/mol. The van der Waals surface area contributed by atoms with Crippen molar-refractivity contribution in [2.45, 2.75) is 38.3 Å². The zero-order chi connectivity index (χ0) is 14.8. The molecule has 1 rings (SSSR count). The van der Waals surface area contributed by atoms with Gasteiger partial charge in [-0.05, 0) is 11.8 Å². The molecular weight excluding hydrogens is 290 g/mol. The van der Waals surface area contributed by atoms with Crippen molar-refractivity contribution in [3.05, 3.63) is 11.2 Å². The van der Waals surface area contributed by atoms with Crippen molar-refractivity contribution in [1.82, 2.24) is 14.5 Å². The molecule has 19 heavy (non-hydrogen) atoms. The Balaban J connectivity index is 2.72. The van der Waals surface area contributed by atoms with E-state index in [1.165, 1.54) is 17.9 Å². The lowest BCUT2D eigenvalue weighted by atomic mass is 9.89. The van der Waals surface area contributed by atoms with Gasteiger partial charge in [0.25, 0.3) is 10.0 Å². The summed E-state index contributed by atoms with van der Waals surface area (Å²) < 4.78 is 27.6. The molecule has 0 aliphatic carbocycles. The van der Waals surface area contributed by atoms with Crippen LogP contribution in [0.15, 0.2) is 11.2 Å². The number of aliphatic hydroxyl groups excluding tert-OH is 1. The van der Waals surface area contributed by atoms with E-state index in [-0.39, 0.29) is 22.0 Å². The summed E-state index contributed by atoms with van der Waals surface area (Å²) in [4.78, 5) is 0. The third kappa shape index (κ3) is 4.76. The molecule has 1 aromatic heterocycles. The standard InChI is InChI=1S/C11H20ClN3O3S/c1-11(2,3)5-8(16)6-14-19(17,18)10-9(12)7-13-15(10)4/h7-8,14,16H,5-6H2,1-4H3. The Morgan fingerprint density at radius 2 is 2.11 bits per heavy atom. The van der Waals surface area contributed by atoms with Crippen LogP contribution in [0.25, 0.3) is 0 Å². The summed E-state index contributed by atoms with van der Waals surface area (Å²) in [5, 5.41) is 13.5. The maximum atomic E-state index is 12.0. The van der Waals surface area contributed by atoms with Crippen molar-refractivity contribution in [2.75, 3.05) is 6.54 Å². The van der Waals surface area contributed by atoms with Crippen molar-refractivity contribution in [1.29, 1.82) is 0 Å². The van der Waals surface area contributed by atoms with E-state index in [0.717, 1.165) is 0 Å². The lowest BCUT2D eigenvalue weighted by Crippen LogP contribution is -2.35. The molecule has 1 unspecified atom stereocenters. The van der Waals surface area contributed by atoms with Gasteiger partial charge in [0, 0.05) is 13.6 Å². The summed E-state index contributed by atoms with van der Waals surface area (Å²) in [7, 11) is -2.28. The molecule has 0 fully saturated rings. The van der Waals surface area contributed by atoms with Gasteiger partial charge in [-0.3, -0.25) is 4.68 Å². The second kappa shape index (κ2) is 5.78. The molecule has 2 N–H and O–H groups in total. The fraction of sp³-hybridized carbons (Fsp3) is 0.727. The molecule has 0 saturated carbocycles. The minimum atomic E-state index is -3.77. The highest BCUT2D eigenvalue weighted by Crippen LogP contribution is 2.22. The van der Waals surface area contributed by atoms with Gasteiger partial charge in [0.1, 0.15) is 0 Å². The smallest absolute Gasteiger partial charge is 0.259 e. The van der Waals surface area contributed by atoms with Crippen LogP contribution in [0, 0.1) is 5.41 Å². The van der Waals surface area contributed by atoms with E-state index >= 15 is 0 Å². The zero-order valence-corrected chi connectivity index (χ0v) is 13.1. The molecule has 110 valence electrons. The van der Waals surface area contributed by atoms with Crippen LogP contribution in [0.1, 0.15) is 27.2 Å². The number of nitrogens with one attached hydrogen (secondary N) is 1. The SMILES string of the molecule is Cn1ncc(Cl)c1S(=O)(=O)NCC(O)CC(C)(C)C. The van der Waals surface area contributed by atoms with Crippen LogP contribution in [-0.4, -0.2) is 36.0 Å². The van der Waals surface area contributed by atoms with Crippen molar-refractivity contribution >= 4 is 21.6 Å². The van der Waals surface area contributed by atoms with Crippen LogP contribution >= 0.6 is 11.6 Å². The lowest BCUT2D eigenvalue weighted by Gasteiger charge is -2.22. The summed E-state index contributed by atoms with van der Waals surface area (Å²) >= 11 is 5.79. The molecule has 0 saturated heterocycles. The number of aliphatic hydroxyl groups is 1. The van der Waals surface area contributed by atoms with Crippen molar-refractivity contribution in [2.24, 2.45) is 12.5 Å². The Hall–Kier alpha value is -0.630. The van der Waals surface area contributed by atoms with E-state index in [0.29, 0.717) is 6.42 Å². The van der Waals surface area contributed by atoms with Gasteiger partial charge in [-0.1, -0.05) is 32.4 Å². The summed E-state index contributed by atoms with van der Waals surface area (Å²) in [6, 6.07) is 0. The number of sulfonamides is 1. The first-order valence-electron chi connectivity index (χ1n) is 5.88. The summed E-state index contributed by atoms with van der Waals surface area (Å²) in [5.74, 6) is 0. The van der Waals surface area contributed by atoms with Crippen LogP contribution in [0.5, 0.6) is 0 Å². The van der Waals surface area contributed by atoms with Crippen LogP contribution in [-0.2, 0) is 17.1 Å². The highest BCUT2D eigenvalue weighted by atomic mass is 35.5. The monoisotopic (exact) mass is 309 g/mol. The molecule has 0 aromatic carbocycles. The third-order valence-corrected chi connectivity index (χ3v) is 4.38. The molecule has 1 atom stereocenters. The largest absolute Gasteiger partial charge is 0.392 e. The summed E-state index contributed by atoms with van der Waals surface area (Å²) in [6.45, 7) is 5.87. The number of nitrogens with zero attached hydrogens (tertiary/aromatic N) is 2. The molecule has 8 heteroatoms. The normalized spacial score (nSPS) is 14.6. The average molecular weight is 310 g/mol. The van der Waals surface area contributed by atoms with Gasteiger partial charge in [-0.25, -0.2) is 13.1 Å². The molecule has 0 bridgehead atoms. The highest BCUT2D eigenvalue weighted by Gasteiger charge is 2.24. The maximum Gasteiger partial charge on any atom is 0.259 e. The second-order valence-corrected chi connectivity index (χ2v) is 7.78. The molecule has 0 aliphatic heterocycles. The van der Waals surface area contributed by atoms with E-state index in [2.05, 4.69) is 9.82 Å². The van der Waals surface area contributed by atoms with E-state index < -0.39 is 16.1 Å². The van der Waals surface area contributed by atoms with Crippen molar-refractivity contribution < 1.29 is 13.5 Å². The minimum Gasteiger partial charge on any atom is -0.392 e. The molecule has 1 heterocycles. The third-order valence-electron chi connectivity index (χ3n) is 2.45. The van der Waals surface area contributed by atoms with Gasteiger partial charge < -0.3 is 5.11 Å². The topological polar surface area (TPSA) is 84.2 Å². The molecule has 0 spiro atoms. The Bertz CT molecular complexity index is 514. The first kappa shape index (κ1) is 16.4. The van der Waals surface area contributed by atoms with E-state index in [4.69, 9.17) is 11.6 Å². The first-order chi connectivity index (χ1) is 8.53. The lowest BCUT2D eigenvalue weighted by molar-refractivity contribution is 0.125. The van der Waals surface area contributed by atoms with Crippen LogP contribution in [0.2, 0.25) is 5.02 Å². The number of rotatable bonds is 5. The van der Waals surface area contributed by atoms with Gasteiger partial charge in [-0.15, -0.1) is 0 Å². The number of hydrogen-bond acceptors (Lipinski definition) is 4. The predicted octanol–water partition coefficient (Wildman–Crippen LogP) is 1.15. The van der Waals surface area contributed by atoms with Crippen molar-refractivity contribution in [3.8, 4) is 0 Å². The Morgan fingerprint density at radius 3 is 2.53 bits per heavy atom. The second-order valence-electron chi connectivity index (χ2n) is 5.69. The number of hydrogen-bond donors (Lipinski definition) is 2. The first-order valence-corrected chi connectivity index (χ1v) is 7.74. The zero-order valence-electron chi connectivity index (χ0n) is 11.5. The van der Waals surface area contributed by atoms with Crippen LogP contribution < -0.4 is 4.72 Å². The van der Waals surface area contributed by atoms with Crippen LogP contribution in [0.3, 0.4) is 0 Å². The molecular formula is C11H20ClN3O3S. The molecule has 6 nitrogen and oxygen atoms in total. The van der Waals surface area contributed by atoms with E-state index in [1.54, 1.807) is 0 Å². The average Bonchev–Trinajstić information content (AvgIpc) is 2.54. The van der Waals surface area contributed by atoms with Gasteiger partial charge in [0.2, 0.25) is 0 Å². The number of aromatic nitrogens is 2. The number of halogens is 1. The van der Waals surface area contributed by atoms with Crippen molar-refractivity contribution in [3.63, 3.8) is 0 Å². The van der Waals surface area contributed by atoms with E-state index in [9.17, 15) is 13.5 Å². The molecule has 1 aromatic rings. The highest BCUT2D eigenvalue weighted by molar-refractivity contribution is 7.89. The van der Waals surface area contributed by atoms with Crippen LogP contribution in [0.4, 0.5) is 0 Å². The Labute approximate surface area is 118 Å². The van der Waals surface area contributed by atoms with E-state index in [1.807, 2.05) is 20.8 Å². The Morgan fingerprint density at radius 1 is 1.53 bits per heavy atom. The van der Waals surface area contributed by atoms with Gasteiger partial charge >= 0.3 is 0 Å². The molecule has 0 amide bonds. The maximum absolute atomic E-state index is 12.0. The minimum absolute atomic E-state index is 0.0545. The fourth-order valence-electron chi connectivity index (χ4n) is 1.76. The molecule has 0 radical (unpaired) electrons. The van der Waals surface area contributed by atoms with Gasteiger partial charge in [0.15, 0.2) is 5.03 Å². The summed E-state index contributed by atoms with van der Waals surface area (Å²) in [6.07, 6.45) is 1.01.